The summed E-state index contributed by atoms with van der Waals surface area (Å²) in [6, 6.07) is 14.8. The van der Waals surface area contributed by atoms with Crippen molar-refractivity contribution in [3.63, 3.8) is 0 Å². The van der Waals surface area contributed by atoms with Crippen LogP contribution in [0.3, 0.4) is 0 Å². The van der Waals surface area contributed by atoms with Gasteiger partial charge in [-0.05, 0) is 32.4 Å². The van der Waals surface area contributed by atoms with Gasteiger partial charge in [0.15, 0.2) is 6.10 Å². The lowest BCUT2D eigenvalue weighted by Crippen LogP contribution is -2.37. The number of amides is 1. The molecule has 0 bridgehead atoms. The molecule has 136 valence electrons. The Kier molecular flexibility index (Phi) is 5.71. The second kappa shape index (κ2) is 7.77. The van der Waals surface area contributed by atoms with Gasteiger partial charge >= 0.3 is 5.97 Å². The van der Waals surface area contributed by atoms with Gasteiger partial charge in [-0.15, -0.1) is 0 Å². The summed E-state index contributed by atoms with van der Waals surface area (Å²) in [5.41, 5.74) is -0.359. The number of nitrogens with one attached hydrogen (secondary N) is 1. The standard InChI is InChI=1S/C19H20N2O5/c1-13(17(22)20-15-11-7-8-12-16(15)21(24)25)26-18(23)19(2,3)14-9-5-4-6-10-14/h4-13H,1-3H3,(H,20,22)/t13-/m0/s1. The molecule has 0 saturated carbocycles. The molecule has 1 amide bonds. The number of para-hydroxylation sites is 2. The maximum absolute atomic E-state index is 12.5. The van der Waals surface area contributed by atoms with Crippen LogP contribution in [0.5, 0.6) is 0 Å². The molecule has 0 saturated heterocycles. The first-order valence-corrected chi connectivity index (χ1v) is 8.04. The summed E-state index contributed by atoms with van der Waals surface area (Å²) in [4.78, 5) is 35.2. The van der Waals surface area contributed by atoms with Gasteiger partial charge in [-0.3, -0.25) is 19.7 Å². The molecule has 0 unspecified atom stereocenters. The third kappa shape index (κ3) is 4.24. The molecule has 26 heavy (non-hydrogen) atoms. The second-order valence-corrected chi connectivity index (χ2v) is 6.30. The molecule has 0 heterocycles. The fraction of sp³-hybridized carbons (Fsp3) is 0.263. The van der Waals surface area contributed by atoms with Crippen LogP contribution in [0.25, 0.3) is 0 Å². The van der Waals surface area contributed by atoms with Crippen molar-refractivity contribution in [3.05, 3.63) is 70.3 Å². The molecule has 0 aliphatic rings. The fourth-order valence-electron chi connectivity index (χ4n) is 2.31. The molecule has 2 aromatic carbocycles. The lowest BCUT2D eigenvalue weighted by atomic mass is 9.85. The molecule has 0 fully saturated rings. The Morgan fingerprint density at radius 2 is 1.65 bits per heavy atom. The summed E-state index contributed by atoms with van der Waals surface area (Å²) >= 11 is 0. The van der Waals surface area contributed by atoms with E-state index in [4.69, 9.17) is 4.74 Å². The number of benzene rings is 2. The van der Waals surface area contributed by atoms with Gasteiger partial charge in [0.2, 0.25) is 0 Å². The Morgan fingerprint density at radius 3 is 2.27 bits per heavy atom. The maximum Gasteiger partial charge on any atom is 0.316 e. The van der Waals surface area contributed by atoms with Crippen molar-refractivity contribution in [3.8, 4) is 0 Å². The molecule has 0 radical (unpaired) electrons. The van der Waals surface area contributed by atoms with E-state index >= 15 is 0 Å². The Labute approximate surface area is 151 Å². The van der Waals surface area contributed by atoms with Gasteiger partial charge in [-0.2, -0.15) is 0 Å². The van der Waals surface area contributed by atoms with Crippen molar-refractivity contribution in [2.75, 3.05) is 5.32 Å². The van der Waals surface area contributed by atoms with Gasteiger partial charge in [-0.25, -0.2) is 0 Å². The minimum atomic E-state index is -1.11. The summed E-state index contributed by atoms with van der Waals surface area (Å²) in [7, 11) is 0. The third-order valence-corrected chi connectivity index (χ3v) is 4.02. The van der Waals surface area contributed by atoms with E-state index < -0.39 is 28.3 Å². The lowest BCUT2D eigenvalue weighted by Gasteiger charge is -2.25. The number of nitro groups is 1. The highest BCUT2D eigenvalue weighted by Gasteiger charge is 2.34. The van der Waals surface area contributed by atoms with Crippen LogP contribution in [0, 0.1) is 10.1 Å². The van der Waals surface area contributed by atoms with E-state index in [0.717, 1.165) is 5.56 Å². The highest BCUT2D eigenvalue weighted by atomic mass is 16.6. The molecule has 1 atom stereocenters. The Balaban J connectivity index is 2.08. The van der Waals surface area contributed by atoms with Crippen molar-refractivity contribution in [2.24, 2.45) is 0 Å². The Bertz CT molecular complexity index is 818. The van der Waals surface area contributed by atoms with Crippen molar-refractivity contribution in [1.82, 2.24) is 0 Å². The summed E-state index contributed by atoms with van der Waals surface area (Å²) in [5.74, 6) is -1.20. The first kappa shape index (κ1) is 19.1. The molecular formula is C19H20N2O5. The van der Waals surface area contributed by atoms with E-state index in [1.54, 1.807) is 32.0 Å². The number of ether oxygens (including phenoxy) is 1. The van der Waals surface area contributed by atoms with E-state index in [-0.39, 0.29) is 11.4 Å². The van der Waals surface area contributed by atoms with Crippen LogP contribution in [0.2, 0.25) is 0 Å². The molecule has 2 rings (SSSR count). The molecule has 0 aliphatic carbocycles. The van der Waals surface area contributed by atoms with Gasteiger partial charge in [0.25, 0.3) is 11.6 Å². The normalized spacial score (nSPS) is 12.1. The van der Waals surface area contributed by atoms with Crippen molar-refractivity contribution < 1.29 is 19.2 Å². The van der Waals surface area contributed by atoms with Gasteiger partial charge in [0.05, 0.1) is 10.3 Å². The smallest absolute Gasteiger partial charge is 0.316 e. The quantitative estimate of drug-likeness (QED) is 0.486. The van der Waals surface area contributed by atoms with Crippen molar-refractivity contribution in [2.45, 2.75) is 32.3 Å². The van der Waals surface area contributed by atoms with Crippen LogP contribution in [-0.4, -0.2) is 22.9 Å². The number of carbonyl (C=O) groups excluding carboxylic acids is 2. The molecule has 7 heteroatoms. The van der Waals surface area contributed by atoms with Crippen LogP contribution in [0.1, 0.15) is 26.3 Å². The predicted octanol–water partition coefficient (Wildman–Crippen LogP) is 3.44. The number of hydrogen-bond acceptors (Lipinski definition) is 5. The van der Waals surface area contributed by atoms with E-state index in [9.17, 15) is 19.7 Å². The van der Waals surface area contributed by atoms with Gasteiger partial charge in [0, 0.05) is 6.07 Å². The molecule has 2 aromatic rings. The average molecular weight is 356 g/mol. The minimum absolute atomic E-state index is 0.0488. The number of carbonyl (C=O) groups is 2. The molecule has 0 aliphatic heterocycles. The Morgan fingerprint density at radius 1 is 1.08 bits per heavy atom. The largest absolute Gasteiger partial charge is 0.452 e. The number of nitrogens with zero attached hydrogens (tertiary/aromatic N) is 1. The van der Waals surface area contributed by atoms with E-state index in [0.29, 0.717) is 0 Å². The fourth-order valence-corrected chi connectivity index (χ4v) is 2.31. The van der Waals surface area contributed by atoms with Crippen LogP contribution in [0.4, 0.5) is 11.4 Å². The second-order valence-electron chi connectivity index (χ2n) is 6.30. The highest BCUT2D eigenvalue weighted by molar-refractivity contribution is 5.97. The monoisotopic (exact) mass is 356 g/mol. The predicted molar refractivity (Wildman–Crippen MR) is 96.7 cm³/mol. The number of esters is 1. The maximum atomic E-state index is 12.5. The van der Waals surface area contributed by atoms with Crippen LogP contribution in [0.15, 0.2) is 54.6 Å². The van der Waals surface area contributed by atoms with E-state index in [2.05, 4.69) is 5.32 Å². The average Bonchev–Trinajstić information content (AvgIpc) is 2.62. The molecular weight excluding hydrogens is 336 g/mol. The molecule has 0 aromatic heterocycles. The van der Waals surface area contributed by atoms with Crippen molar-refractivity contribution in [1.29, 1.82) is 0 Å². The van der Waals surface area contributed by atoms with Crippen molar-refractivity contribution >= 4 is 23.3 Å². The van der Waals surface area contributed by atoms with Crippen LogP contribution in [-0.2, 0) is 19.7 Å². The van der Waals surface area contributed by atoms with E-state index in [1.165, 1.54) is 25.1 Å². The van der Waals surface area contributed by atoms with Gasteiger partial charge in [-0.1, -0.05) is 42.5 Å². The lowest BCUT2D eigenvalue weighted by molar-refractivity contribution is -0.383. The van der Waals surface area contributed by atoms with Crippen LogP contribution < -0.4 is 5.32 Å². The first-order chi connectivity index (χ1) is 12.2. The number of rotatable bonds is 6. The van der Waals surface area contributed by atoms with Gasteiger partial charge < -0.3 is 10.1 Å². The molecule has 7 nitrogen and oxygen atoms in total. The topological polar surface area (TPSA) is 98.5 Å². The zero-order valence-electron chi connectivity index (χ0n) is 14.8. The van der Waals surface area contributed by atoms with E-state index in [1.807, 2.05) is 18.2 Å². The summed E-state index contributed by atoms with van der Waals surface area (Å²) in [6.07, 6.45) is -1.11. The number of hydrogen-bond donors (Lipinski definition) is 1. The molecule has 0 spiro atoms. The molecule has 1 N–H and O–H groups in total. The summed E-state index contributed by atoms with van der Waals surface area (Å²) in [6.45, 7) is 4.83. The van der Waals surface area contributed by atoms with Gasteiger partial charge in [0.1, 0.15) is 5.69 Å². The Hall–Kier alpha value is -3.22. The SMILES string of the molecule is C[C@H](OC(=O)C(C)(C)c1ccccc1)C(=O)Nc1ccccc1[N+](=O)[O-]. The summed E-state index contributed by atoms with van der Waals surface area (Å²) < 4.78 is 5.28. The number of anilines is 1. The zero-order chi connectivity index (χ0) is 19.3. The van der Waals surface area contributed by atoms with Crippen LogP contribution >= 0.6 is 0 Å². The zero-order valence-corrected chi connectivity index (χ0v) is 14.8. The highest BCUT2D eigenvalue weighted by Crippen LogP contribution is 2.26. The number of nitro benzene ring substituents is 1. The third-order valence-electron chi connectivity index (χ3n) is 4.02. The first-order valence-electron chi connectivity index (χ1n) is 8.04. The minimum Gasteiger partial charge on any atom is -0.452 e. The summed E-state index contributed by atoms with van der Waals surface area (Å²) in [5, 5.41) is 13.4.